The van der Waals surface area contributed by atoms with E-state index in [1.54, 1.807) is 24.3 Å². The van der Waals surface area contributed by atoms with Crippen molar-refractivity contribution in [3.8, 4) is 0 Å². The van der Waals surface area contributed by atoms with Gasteiger partial charge >= 0.3 is 5.97 Å². The van der Waals surface area contributed by atoms with Gasteiger partial charge in [-0.25, -0.2) is 4.68 Å². The highest BCUT2D eigenvalue weighted by Gasteiger charge is 2.12. The number of rotatable bonds is 5. The van der Waals surface area contributed by atoms with Crippen LogP contribution in [-0.4, -0.2) is 33.3 Å². The number of fused-ring (bicyclic) bond motifs is 1. The number of aryl methyl sites for hydroxylation is 1. The molecule has 0 saturated heterocycles. The Morgan fingerprint density at radius 3 is 2.62 bits per heavy atom. The molecule has 7 heteroatoms. The Morgan fingerprint density at radius 2 is 1.95 bits per heavy atom. The molecule has 0 bridgehead atoms. The van der Waals surface area contributed by atoms with Gasteiger partial charge in [-0.3, -0.25) is 14.4 Å². The van der Waals surface area contributed by atoms with Gasteiger partial charge in [-0.1, -0.05) is 18.2 Å². The topological polar surface area (TPSA) is 101 Å². The van der Waals surface area contributed by atoms with E-state index in [9.17, 15) is 14.4 Å². The van der Waals surface area contributed by atoms with Crippen molar-refractivity contribution in [1.29, 1.82) is 0 Å². The van der Waals surface area contributed by atoms with Gasteiger partial charge in [0, 0.05) is 19.0 Å². The van der Waals surface area contributed by atoms with Crippen LogP contribution in [0.1, 0.15) is 12.1 Å². The van der Waals surface area contributed by atoms with Crippen LogP contribution in [0.2, 0.25) is 0 Å². The Labute approximate surface area is 120 Å². The summed E-state index contributed by atoms with van der Waals surface area (Å²) in [5, 5.41) is 16.3. The van der Waals surface area contributed by atoms with Crippen LogP contribution in [0.5, 0.6) is 0 Å². The number of nitrogens with one attached hydrogen (secondary N) is 1. The number of carboxylic acids is 1. The maximum atomic E-state index is 11.9. The fourth-order valence-electron chi connectivity index (χ4n) is 2.03. The number of carbonyl (C=O) groups is 2. The molecule has 0 unspecified atom stereocenters. The molecule has 0 aliphatic carbocycles. The number of hydrogen-bond donors (Lipinski definition) is 2. The number of benzene rings is 1. The number of nitrogens with zero attached hydrogens (tertiary/aromatic N) is 2. The van der Waals surface area contributed by atoms with E-state index in [-0.39, 0.29) is 30.9 Å². The van der Waals surface area contributed by atoms with Gasteiger partial charge in [0.25, 0.3) is 5.56 Å². The summed E-state index contributed by atoms with van der Waals surface area (Å²) in [6.07, 6.45) is -0.137. The van der Waals surface area contributed by atoms with Crippen molar-refractivity contribution in [2.45, 2.75) is 12.8 Å². The van der Waals surface area contributed by atoms with E-state index < -0.39 is 5.97 Å². The lowest BCUT2D eigenvalue weighted by molar-refractivity contribution is -0.136. The van der Waals surface area contributed by atoms with Crippen LogP contribution in [0.4, 0.5) is 0 Å². The quantitative estimate of drug-likeness (QED) is 0.811. The molecule has 2 aromatic rings. The summed E-state index contributed by atoms with van der Waals surface area (Å²) >= 11 is 0. The average Bonchev–Trinajstić information content (AvgIpc) is 2.44. The summed E-state index contributed by atoms with van der Waals surface area (Å²) in [5.74, 6) is -1.30. The Hall–Kier alpha value is -2.70. The monoisotopic (exact) mass is 289 g/mol. The molecule has 0 spiro atoms. The molecule has 110 valence electrons. The first-order chi connectivity index (χ1) is 9.99. The molecule has 0 aliphatic rings. The lowest BCUT2D eigenvalue weighted by atomic mass is 10.1. The highest BCUT2D eigenvalue weighted by atomic mass is 16.4. The summed E-state index contributed by atoms with van der Waals surface area (Å²) in [7, 11) is 1.53. The first kappa shape index (κ1) is 14.7. The summed E-state index contributed by atoms with van der Waals surface area (Å²) in [5.41, 5.74) is 0.265. The maximum Gasteiger partial charge on any atom is 0.305 e. The first-order valence-corrected chi connectivity index (χ1v) is 6.42. The van der Waals surface area contributed by atoms with E-state index in [1.807, 2.05) is 0 Å². The van der Waals surface area contributed by atoms with Crippen LogP contribution in [0, 0.1) is 0 Å². The molecule has 0 radical (unpaired) electrons. The SMILES string of the molecule is Cn1nc(CC(=O)NCCC(=O)O)c2ccccc2c1=O. The van der Waals surface area contributed by atoms with Crippen molar-refractivity contribution >= 4 is 22.6 Å². The van der Waals surface area contributed by atoms with E-state index in [0.29, 0.717) is 16.5 Å². The predicted molar refractivity (Wildman–Crippen MR) is 76.0 cm³/mol. The largest absolute Gasteiger partial charge is 0.481 e. The highest BCUT2D eigenvalue weighted by Crippen LogP contribution is 2.13. The van der Waals surface area contributed by atoms with Crippen LogP contribution >= 0.6 is 0 Å². The van der Waals surface area contributed by atoms with Crippen LogP contribution in [0.25, 0.3) is 10.8 Å². The van der Waals surface area contributed by atoms with Gasteiger partial charge in [-0.15, -0.1) is 0 Å². The number of carboxylic acid groups (broad SMARTS) is 1. The molecule has 21 heavy (non-hydrogen) atoms. The zero-order valence-electron chi connectivity index (χ0n) is 11.5. The van der Waals surface area contributed by atoms with Crippen LogP contribution in [0.3, 0.4) is 0 Å². The molecule has 0 fully saturated rings. The minimum Gasteiger partial charge on any atom is -0.481 e. The molecule has 7 nitrogen and oxygen atoms in total. The second-order valence-corrected chi connectivity index (χ2v) is 4.59. The molecule has 1 aromatic heterocycles. The average molecular weight is 289 g/mol. The summed E-state index contributed by atoms with van der Waals surface area (Å²) in [6.45, 7) is 0.0673. The Balaban J connectivity index is 2.22. The minimum absolute atomic E-state index is 0.00570. The summed E-state index contributed by atoms with van der Waals surface area (Å²) in [4.78, 5) is 34.1. The fourth-order valence-corrected chi connectivity index (χ4v) is 2.03. The highest BCUT2D eigenvalue weighted by molar-refractivity contribution is 5.88. The molecule has 0 aliphatic heterocycles. The first-order valence-electron chi connectivity index (χ1n) is 6.42. The summed E-state index contributed by atoms with van der Waals surface area (Å²) in [6, 6.07) is 6.95. The van der Waals surface area contributed by atoms with Crippen molar-refractivity contribution in [1.82, 2.24) is 15.1 Å². The smallest absolute Gasteiger partial charge is 0.305 e. The molecule has 0 saturated carbocycles. The van der Waals surface area contributed by atoms with Gasteiger partial charge in [0.05, 0.1) is 23.9 Å². The lowest BCUT2D eigenvalue weighted by Gasteiger charge is -2.08. The molecule has 1 aromatic carbocycles. The van der Waals surface area contributed by atoms with E-state index in [1.165, 1.54) is 11.7 Å². The maximum absolute atomic E-state index is 11.9. The van der Waals surface area contributed by atoms with E-state index in [2.05, 4.69) is 10.4 Å². The predicted octanol–water partition coefficient (Wildman–Crippen LogP) is 0.0669. The van der Waals surface area contributed by atoms with E-state index in [4.69, 9.17) is 5.11 Å². The molecular formula is C14H15N3O4. The number of aromatic nitrogens is 2. The van der Waals surface area contributed by atoms with Gasteiger partial charge in [0.1, 0.15) is 0 Å². The second-order valence-electron chi connectivity index (χ2n) is 4.59. The lowest BCUT2D eigenvalue weighted by Crippen LogP contribution is -2.29. The normalized spacial score (nSPS) is 10.5. The van der Waals surface area contributed by atoms with E-state index in [0.717, 1.165) is 0 Å². The molecule has 2 rings (SSSR count). The number of carbonyl (C=O) groups excluding carboxylic acids is 1. The molecular weight excluding hydrogens is 274 g/mol. The van der Waals surface area contributed by atoms with E-state index >= 15 is 0 Å². The zero-order valence-corrected chi connectivity index (χ0v) is 11.5. The number of hydrogen-bond acceptors (Lipinski definition) is 4. The van der Waals surface area contributed by atoms with Gasteiger partial charge in [0.2, 0.25) is 5.91 Å². The van der Waals surface area contributed by atoms with Crippen molar-refractivity contribution in [2.24, 2.45) is 7.05 Å². The van der Waals surface area contributed by atoms with Gasteiger partial charge < -0.3 is 10.4 Å². The van der Waals surface area contributed by atoms with Crippen molar-refractivity contribution < 1.29 is 14.7 Å². The third-order valence-electron chi connectivity index (χ3n) is 3.02. The number of amides is 1. The van der Waals surface area contributed by atoms with Crippen LogP contribution < -0.4 is 10.9 Å². The zero-order chi connectivity index (χ0) is 15.4. The number of aliphatic carboxylic acids is 1. The fraction of sp³-hybridized carbons (Fsp3) is 0.286. The Kier molecular flexibility index (Phi) is 4.32. The standard InChI is InChI=1S/C14H15N3O4/c1-17-14(21)10-5-3-2-4-9(10)11(16-17)8-12(18)15-7-6-13(19)20/h2-5H,6-8H2,1H3,(H,15,18)(H,19,20). The van der Waals surface area contributed by atoms with Crippen molar-refractivity contribution in [2.75, 3.05) is 6.54 Å². The van der Waals surface area contributed by atoms with Gasteiger partial charge in [-0.2, -0.15) is 5.10 Å². The molecule has 1 heterocycles. The molecule has 2 N–H and O–H groups in total. The van der Waals surface area contributed by atoms with Crippen LogP contribution in [0.15, 0.2) is 29.1 Å². The van der Waals surface area contributed by atoms with Crippen LogP contribution in [-0.2, 0) is 23.1 Å². The Morgan fingerprint density at radius 1 is 1.29 bits per heavy atom. The third-order valence-corrected chi connectivity index (χ3v) is 3.02. The molecule has 1 amide bonds. The van der Waals surface area contributed by atoms with Gasteiger partial charge in [-0.05, 0) is 6.07 Å². The second kappa shape index (κ2) is 6.17. The van der Waals surface area contributed by atoms with Crippen molar-refractivity contribution in [3.63, 3.8) is 0 Å². The van der Waals surface area contributed by atoms with Crippen molar-refractivity contribution in [3.05, 3.63) is 40.3 Å². The Bertz CT molecular complexity index is 751. The van der Waals surface area contributed by atoms with Gasteiger partial charge in [0.15, 0.2) is 0 Å². The minimum atomic E-state index is -0.971. The summed E-state index contributed by atoms with van der Waals surface area (Å²) < 4.78 is 1.20. The molecule has 0 atom stereocenters. The third kappa shape index (κ3) is 3.44.